The molecule has 0 amide bonds. The first-order valence-electron chi connectivity index (χ1n) is 4.81. The summed E-state index contributed by atoms with van der Waals surface area (Å²) in [6.07, 6.45) is 2.77. The number of rotatable bonds is 2. The quantitative estimate of drug-likeness (QED) is 0.784. The van der Waals surface area contributed by atoms with Gasteiger partial charge in [-0.3, -0.25) is 4.79 Å². The van der Waals surface area contributed by atoms with Gasteiger partial charge >= 0.3 is 0 Å². The van der Waals surface area contributed by atoms with Crippen LogP contribution in [0, 0.1) is 0 Å². The van der Waals surface area contributed by atoms with Crippen LogP contribution in [0.2, 0.25) is 0 Å². The first-order chi connectivity index (χ1) is 7.15. The third-order valence-electron chi connectivity index (χ3n) is 2.39. The lowest BCUT2D eigenvalue weighted by Crippen LogP contribution is -1.98. The van der Waals surface area contributed by atoms with Crippen LogP contribution in [-0.4, -0.2) is 15.2 Å². The first-order valence-corrected chi connectivity index (χ1v) is 5.60. The van der Waals surface area contributed by atoms with Gasteiger partial charge in [-0.15, -0.1) is 0 Å². The molecule has 15 heavy (non-hydrogen) atoms. The molecule has 2 heterocycles. The monoisotopic (exact) mass is 266 g/mol. The van der Waals surface area contributed by atoms with Gasteiger partial charge < -0.3 is 4.40 Å². The molecule has 0 bridgehead atoms. The second kappa shape index (κ2) is 3.77. The first kappa shape index (κ1) is 10.4. The predicted molar refractivity (Wildman–Crippen MR) is 62.3 cm³/mol. The van der Waals surface area contributed by atoms with Crippen LogP contribution in [0.5, 0.6) is 0 Å². The van der Waals surface area contributed by atoms with E-state index in [1.165, 1.54) is 0 Å². The van der Waals surface area contributed by atoms with E-state index in [1.54, 1.807) is 6.92 Å². The van der Waals surface area contributed by atoms with Gasteiger partial charge in [0.25, 0.3) is 0 Å². The summed E-state index contributed by atoms with van der Waals surface area (Å²) < 4.78 is 2.70. The number of pyridine rings is 1. The normalized spacial score (nSPS) is 10.9. The molecule has 2 aromatic heterocycles. The molecule has 0 unspecified atom stereocenters. The number of halogens is 1. The Bertz CT molecular complexity index is 531. The fourth-order valence-electron chi connectivity index (χ4n) is 1.69. The third-order valence-corrected chi connectivity index (χ3v) is 2.94. The molecule has 78 valence electrons. The maximum absolute atomic E-state index is 11.4. The minimum absolute atomic E-state index is 0.0591. The fourth-order valence-corrected chi connectivity index (χ4v) is 2.30. The number of carbonyl (C=O) groups excluding carboxylic acids is 1. The zero-order chi connectivity index (χ0) is 11.0. The molecule has 4 heteroatoms. The van der Waals surface area contributed by atoms with Crippen LogP contribution >= 0.6 is 15.9 Å². The van der Waals surface area contributed by atoms with Gasteiger partial charge in [-0.2, -0.15) is 0 Å². The number of aromatic nitrogens is 2. The maximum Gasteiger partial charge on any atom is 0.162 e. The molecular formula is C11H11BrN2O. The number of imidazole rings is 1. The third kappa shape index (κ3) is 1.59. The fraction of sp³-hybridized carbons (Fsp3) is 0.273. The minimum Gasteiger partial charge on any atom is -0.302 e. The van der Waals surface area contributed by atoms with Crippen molar-refractivity contribution in [1.29, 1.82) is 0 Å². The van der Waals surface area contributed by atoms with Gasteiger partial charge in [0.05, 0.1) is 5.52 Å². The number of hydrogen-bond acceptors (Lipinski definition) is 2. The summed E-state index contributed by atoms with van der Waals surface area (Å²) in [7, 11) is 0. The number of carbonyl (C=O) groups is 1. The maximum atomic E-state index is 11.4. The lowest BCUT2D eigenvalue weighted by atomic mass is 10.2. The smallest absolute Gasteiger partial charge is 0.162 e. The van der Waals surface area contributed by atoms with E-state index in [0.717, 1.165) is 22.4 Å². The summed E-state index contributed by atoms with van der Waals surface area (Å²) in [4.78, 5) is 15.8. The molecule has 2 rings (SSSR count). The predicted octanol–water partition coefficient (Wildman–Crippen LogP) is 2.86. The molecule has 0 saturated heterocycles. The largest absolute Gasteiger partial charge is 0.302 e. The van der Waals surface area contributed by atoms with Crippen molar-refractivity contribution in [3.63, 3.8) is 0 Å². The van der Waals surface area contributed by atoms with E-state index in [-0.39, 0.29) is 5.78 Å². The highest BCUT2D eigenvalue weighted by molar-refractivity contribution is 9.10. The van der Waals surface area contributed by atoms with Crippen LogP contribution < -0.4 is 0 Å². The SMILES string of the molecule is CCc1nc(Br)c2c(C(C)=O)cccn12. The van der Waals surface area contributed by atoms with Crippen LogP contribution in [0.1, 0.15) is 30.0 Å². The molecule has 2 aromatic rings. The Labute approximate surface area is 96.3 Å². The summed E-state index contributed by atoms with van der Waals surface area (Å²) in [5, 5.41) is 0. The summed E-state index contributed by atoms with van der Waals surface area (Å²) in [5.74, 6) is 1.02. The number of hydrogen-bond donors (Lipinski definition) is 0. The highest BCUT2D eigenvalue weighted by Gasteiger charge is 2.13. The molecule has 0 atom stereocenters. The average Bonchev–Trinajstić information content (AvgIpc) is 2.55. The van der Waals surface area contributed by atoms with Gasteiger partial charge in [0.15, 0.2) is 5.78 Å². The zero-order valence-corrected chi connectivity index (χ0v) is 10.2. The molecule has 0 aromatic carbocycles. The molecule has 0 aliphatic carbocycles. The highest BCUT2D eigenvalue weighted by Crippen LogP contribution is 2.23. The van der Waals surface area contributed by atoms with Gasteiger partial charge in [0, 0.05) is 18.2 Å². The molecule has 0 fully saturated rings. The van der Waals surface area contributed by atoms with Crippen LogP contribution in [0.25, 0.3) is 5.52 Å². The van der Waals surface area contributed by atoms with E-state index < -0.39 is 0 Å². The molecule has 0 saturated carbocycles. The molecular weight excluding hydrogens is 256 g/mol. The second-order valence-corrected chi connectivity index (χ2v) is 4.12. The van der Waals surface area contributed by atoms with E-state index in [0.29, 0.717) is 5.56 Å². The van der Waals surface area contributed by atoms with Gasteiger partial charge in [-0.25, -0.2) is 4.98 Å². The van der Waals surface area contributed by atoms with E-state index >= 15 is 0 Å². The lowest BCUT2D eigenvalue weighted by molar-refractivity contribution is 0.101. The summed E-state index contributed by atoms with van der Waals surface area (Å²) in [6, 6.07) is 3.70. The van der Waals surface area contributed by atoms with Crippen molar-refractivity contribution in [3.05, 3.63) is 34.3 Å². The van der Waals surface area contributed by atoms with Crippen molar-refractivity contribution in [3.8, 4) is 0 Å². The van der Waals surface area contributed by atoms with Crippen LogP contribution in [0.3, 0.4) is 0 Å². The lowest BCUT2D eigenvalue weighted by Gasteiger charge is -2.01. The Morgan fingerprint density at radius 1 is 1.60 bits per heavy atom. The standard InChI is InChI=1S/C11H11BrN2O/c1-3-9-13-11(12)10-8(7(2)15)5-4-6-14(9)10/h4-6H,3H2,1-2H3. The molecule has 0 aliphatic rings. The van der Waals surface area contributed by atoms with E-state index in [9.17, 15) is 4.79 Å². The molecule has 3 nitrogen and oxygen atoms in total. The van der Waals surface area contributed by atoms with Crippen molar-refractivity contribution >= 4 is 27.2 Å². The molecule has 0 spiro atoms. The minimum atomic E-state index is 0.0591. The van der Waals surface area contributed by atoms with E-state index in [1.807, 2.05) is 29.7 Å². The Balaban J connectivity index is 2.86. The van der Waals surface area contributed by atoms with Crippen LogP contribution in [-0.2, 0) is 6.42 Å². The Kier molecular flexibility index (Phi) is 2.61. The van der Waals surface area contributed by atoms with E-state index in [4.69, 9.17) is 0 Å². The van der Waals surface area contributed by atoms with Gasteiger partial charge in [0.2, 0.25) is 0 Å². The van der Waals surface area contributed by atoms with Crippen LogP contribution in [0.15, 0.2) is 22.9 Å². The molecule has 0 N–H and O–H groups in total. The Morgan fingerprint density at radius 3 is 2.93 bits per heavy atom. The van der Waals surface area contributed by atoms with Crippen molar-refractivity contribution in [2.75, 3.05) is 0 Å². The number of ketones is 1. The number of nitrogens with zero attached hydrogens (tertiary/aromatic N) is 2. The molecule has 0 aliphatic heterocycles. The summed E-state index contributed by atoms with van der Waals surface area (Å²) in [6.45, 7) is 3.61. The summed E-state index contributed by atoms with van der Waals surface area (Å²) >= 11 is 3.39. The van der Waals surface area contributed by atoms with Gasteiger partial charge in [0.1, 0.15) is 10.4 Å². The Morgan fingerprint density at radius 2 is 2.33 bits per heavy atom. The topological polar surface area (TPSA) is 34.4 Å². The van der Waals surface area contributed by atoms with Gasteiger partial charge in [-0.1, -0.05) is 6.92 Å². The van der Waals surface area contributed by atoms with Crippen molar-refractivity contribution in [2.45, 2.75) is 20.3 Å². The number of Topliss-reactive ketones (excluding diaryl/α,β-unsaturated/α-hetero) is 1. The van der Waals surface area contributed by atoms with Crippen molar-refractivity contribution in [1.82, 2.24) is 9.38 Å². The second-order valence-electron chi connectivity index (χ2n) is 3.37. The van der Waals surface area contributed by atoms with Gasteiger partial charge in [-0.05, 0) is 35.0 Å². The zero-order valence-electron chi connectivity index (χ0n) is 8.62. The van der Waals surface area contributed by atoms with E-state index in [2.05, 4.69) is 20.9 Å². The highest BCUT2D eigenvalue weighted by atomic mass is 79.9. The number of aryl methyl sites for hydroxylation is 1. The Hall–Kier alpha value is -1.16. The average molecular weight is 267 g/mol. The van der Waals surface area contributed by atoms with Crippen LogP contribution in [0.4, 0.5) is 0 Å². The van der Waals surface area contributed by atoms with Crippen molar-refractivity contribution in [2.24, 2.45) is 0 Å². The molecule has 0 radical (unpaired) electrons. The number of fused-ring (bicyclic) bond motifs is 1. The van der Waals surface area contributed by atoms with Crippen molar-refractivity contribution < 1.29 is 4.79 Å². The summed E-state index contributed by atoms with van der Waals surface area (Å²) in [5.41, 5.74) is 1.57.